The molecule has 0 amide bonds. The number of nitrogens with one attached hydrogen (secondary N) is 1. The number of rotatable bonds is 3. The number of hydrogen-bond acceptors (Lipinski definition) is 3. The van der Waals surface area contributed by atoms with Crippen LogP contribution in [0.4, 0.5) is 5.69 Å². The fourth-order valence-corrected chi connectivity index (χ4v) is 2.17. The number of hydrogen-bond donors (Lipinski definition) is 1. The molecule has 3 nitrogen and oxygen atoms in total. The van der Waals surface area contributed by atoms with Crippen molar-refractivity contribution in [3.05, 3.63) is 51.4 Å². The van der Waals surface area contributed by atoms with Gasteiger partial charge in [0.05, 0.1) is 23.6 Å². The van der Waals surface area contributed by atoms with Crippen LogP contribution >= 0.6 is 31.9 Å². The van der Waals surface area contributed by atoms with E-state index in [0.29, 0.717) is 0 Å². The number of halogens is 2. The molecule has 1 N–H and O–H groups in total. The van der Waals surface area contributed by atoms with Crippen LogP contribution in [0.2, 0.25) is 0 Å². The number of nitrogens with zero attached hydrogens (tertiary/aromatic N) is 2. The van der Waals surface area contributed by atoms with E-state index in [1.54, 1.807) is 18.6 Å². The maximum absolute atomic E-state index is 4.27. The molecule has 0 saturated carbocycles. The summed E-state index contributed by atoms with van der Waals surface area (Å²) in [6, 6.07) is 6.11. The van der Waals surface area contributed by atoms with Gasteiger partial charge in [0.15, 0.2) is 0 Å². The lowest BCUT2D eigenvalue weighted by atomic mass is 10.2. The molecule has 1 atom stereocenters. The zero-order chi connectivity index (χ0) is 12.3. The first-order valence-corrected chi connectivity index (χ1v) is 6.73. The Hall–Kier alpha value is -0.940. The van der Waals surface area contributed by atoms with Crippen molar-refractivity contribution in [2.75, 3.05) is 5.32 Å². The van der Waals surface area contributed by atoms with Crippen LogP contribution in [0, 0.1) is 0 Å². The van der Waals surface area contributed by atoms with Crippen molar-refractivity contribution in [3.8, 4) is 0 Å². The van der Waals surface area contributed by atoms with Crippen LogP contribution < -0.4 is 5.32 Å². The van der Waals surface area contributed by atoms with Crippen LogP contribution in [0.5, 0.6) is 0 Å². The molecule has 2 rings (SSSR count). The van der Waals surface area contributed by atoms with Crippen molar-refractivity contribution in [1.82, 2.24) is 9.97 Å². The lowest BCUT2D eigenvalue weighted by molar-refractivity contribution is 0.826. The Kier molecular flexibility index (Phi) is 4.12. The molecule has 1 unspecified atom stereocenters. The fraction of sp³-hybridized carbons (Fsp3) is 0.167. The molecule has 0 radical (unpaired) electrons. The Morgan fingerprint density at radius 2 is 2.06 bits per heavy atom. The van der Waals surface area contributed by atoms with Gasteiger partial charge < -0.3 is 5.32 Å². The number of anilines is 1. The quantitative estimate of drug-likeness (QED) is 0.896. The SMILES string of the molecule is CC(Nc1cc(Br)ccc1Br)c1cnccn1. The first-order chi connectivity index (χ1) is 8.16. The fourth-order valence-electron chi connectivity index (χ4n) is 1.45. The highest BCUT2D eigenvalue weighted by atomic mass is 79.9. The molecule has 0 fully saturated rings. The monoisotopic (exact) mass is 355 g/mol. The van der Waals surface area contributed by atoms with Crippen molar-refractivity contribution >= 4 is 37.5 Å². The topological polar surface area (TPSA) is 37.8 Å². The van der Waals surface area contributed by atoms with Crippen LogP contribution in [0.15, 0.2) is 45.7 Å². The van der Waals surface area contributed by atoms with E-state index in [2.05, 4.69) is 54.1 Å². The van der Waals surface area contributed by atoms with Crippen molar-refractivity contribution in [1.29, 1.82) is 0 Å². The highest BCUT2D eigenvalue weighted by Crippen LogP contribution is 2.28. The zero-order valence-electron chi connectivity index (χ0n) is 9.19. The van der Waals surface area contributed by atoms with E-state index in [-0.39, 0.29) is 6.04 Å². The lowest BCUT2D eigenvalue weighted by Gasteiger charge is -2.15. The summed E-state index contributed by atoms with van der Waals surface area (Å²) in [4.78, 5) is 8.34. The average molecular weight is 357 g/mol. The van der Waals surface area contributed by atoms with Crippen LogP contribution in [-0.2, 0) is 0 Å². The Bertz CT molecular complexity index is 502. The summed E-state index contributed by atoms with van der Waals surface area (Å²) in [6.45, 7) is 2.05. The Labute approximate surface area is 117 Å². The molecule has 1 aromatic carbocycles. The molecule has 88 valence electrons. The van der Waals surface area contributed by atoms with Gasteiger partial charge in [0.2, 0.25) is 0 Å². The summed E-state index contributed by atoms with van der Waals surface area (Å²) < 4.78 is 2.06. The molecular formula is C12H11Br2N3. The van der Waals surface area contributed by atoms with Gasteiger partial charge >= 0.3 is 0 Å². The maximum Gasteiger partial charge on any atom is 0.0806 e. The molecule has 1 aromatic heterocycles. The molecule has 5 heteroatoms. The summed E-state index contributed by atoms with van der Waals surface area (Å²) in [5.74, 6) is 0. The largest absolute Gasteiger partial charge is 0.376 e. The second kappa shape index (κ2) is 5.60. The highest BCUT2D eigenvalue weighted by molar-refractivity contribution is 9.11. The van der Waals surface area contributed by atoms with Gasteiger partial charge in [0.1, 0.15) is 0 Å². The molecule has 2 aromatic rings. The van der Waals surface area contributed by atoms with Gasteiger partial charge in [-0.1, -0.05) is 15.9 Å². The van der Waals surface area contributed by atoms with E-state index in [1.165, 1.54) is 0 Å². The van der Waals surface area contributed by atoms with Gasteiger partial charge in [0.25, 0.3) is 0 Å². The summed E-state index contributed by atoms with van der Waals surface area (Å²) in [5, 5.41) is 3.39. The molecule has 0 spiro atoms. The average Bonchev–Trinajstić information content (AvgIpc) is 2.35. The molecule has 0 aliphatic carbocycles. The summed E-state index contributed by atoms with van der Waals surface area (Å²) in [7, 11) is 0. The summed E-state index contributed by atoms with van der Waals surface area (Å²) in [5.41, 5.74) is 1.94. The van der Waals surface area contributed by atoms with Gasteiger partial charge in [-0.05, 0) is 41.1 Å². The van der Waals surface area contributed by atoms with Crippen LogP contribution in [0.3, 0.4) is 0 Å². The zero-order valence-corrected chi connectivity index (χ0v) is 12.4. The molecule has 0 bridgehead atoms. The second-order valence-electron chi connectivity index (χ2n) is 3.62. The normalized spacial score (nSPS) is 12.2. The third-order valence-corrected chi connectivity index (χ3v) is 3.51. The predicted octanol–water partition coefficient (Wildman–Crippen LogP) is 4.17. The minimum absolute atomic E-state index is 0.106. The van der Waals surface area contributed by atoms with Gasteiger partial charge in [-0.25, -0.2) is 0 Å². The Balaban J connectivity index is 2.18. The van der Waals surface area contributed by atoms with E-state index >= 15 is 0 Å². The standard InChI is InChI=1S/C12H11Br2N3/c1-8(12-7-15-4-5-16-12)17-11-6-9(13)2-3-10(11)14/h2-8,17H,1H3. The van der Waals surface area contributed by atoms with E-state index in [4.69, 9.17) is 0 Å². The Morgan fingerprint density at radius 3 is 2.76 bits per heavy atom. The number of aromatic nitrogens is 2. The predicted molar refractivity (Wildman–Crippen MR) is 75.9 cm³/mol. The minimum atomic E-state index is 0.106. The molecule has 0 saturated heterocycles. The summed E-state index contributed by atoms with van der Waals surface area (Å²) >= 11 is 6.97. The van der Waals surface area contributed by atoms with Gasteiger partial charge in [0, 0.05) is 21.3 Å². The first kappa shape index (κ1) is 12.5. The summed E-state index contributed by atoms with van der Waals surface area (Å²) in [6.07, 6.45) is 5.14. The molecular weight excluding hydrogens is 346 g/mol. The van der Waals surface area contributed by atoms with Gasteiger partial charge in [-0.2, -0.15) is 0 Å². The van der Waals surface area contributed by atoms with E-state index in [1.807, 2.05) is 18.2 Å². The van der Waals surface area contributed by atoms with E-state index in [0.717, 1.165) is 20.3 Å². The van der Waals surface area contributed by atoms with Gasteiger partial charge in [-0.15, -0.1) is 0 Å². The second-order valence-corrected chi connectivity index (χ2v) is 5.39. The smallest absolute Gasteiger partial charge is 0.0806 e. The van der Waals surface area contributed by atoms with Gasteiger partial charge in [-0.3, -0.25) is 9.97 Å². The van der Waals surface area contributed by atoms with E-state index in [9.17, 15) is 0 Å². The highest BCUT2D eigenvalue weighted by Gasteiger charge is 2.08. The van der Waals surface area contributed by atoms with Crippen molar-refractivity contribution in [3.63, 3.8) is 0 Å². The molecule has 17 heavy (non-hydrogen) atoms. The lowest BCUT2D eigenvalue weighted by Crippen LogP contribution is -2.09. The molecule has 0 aliphatic rings. The van der Waals surface area contributed by atoms with Crippen LogP contribution in [0.25, 0.3) is 0 Å². The third kappa shape index (κ3) is 3.26. The van der Waals surface area contributed by atoms with Crippen LogP contribution in [-0.4, -0.2) is 9.97 Å². The number of benzene rings is 1. The first-order valence-electron chi connectivity index (χ1n) is 5.14. The van der Waals surface area contributed by atoms with Crippen molar-refractivity contribution < 1.29 is 0 Å². The maximum atomic E-state index is 4.27. The van der Waals surface area contributed by atoms with Crippen LogP contribution in [0.1, 0.15) is 18.7 Å². The third-order valence-electron chi connectivity index (χ3n) is 2.33. The Morgan fingerprint density at radius 1 is 1.24 bits per heavy atom. The van der Waals surface area contributed by atoms with Crippen molar-refractivity contribution in [2.24, 2.45) is 0 Å². The molecule has 0 aliphatic heterocycles. The van der Waals surface area contributed by atoms with Crippen molar-refractivity contribution in [2.45, 2.75) is 13.0 Å². The molecule has 1 heterocycles. The van der Waals surface area contributed by atoms with E-state index < -0.39 is 0 Å². The minimum Gasteiger partial charge on any atom is -0.376 e.